The lowest BCUT2D eigenvalue weighted by atomic mass is 10.2. The predicted molar refractivity (Wildman–Crippen MR) is 78.9 cm³/mol. The summed E-state index contributed by atoms with van der Waals surface area (Å²) < 4.78 is 11.3. The van der Waals surface area contributed by atoms with Gasteiger partial charge < -0.3 is 14.8 Å². The number of halogens is 1. The van der Waals surface area contributed by atoms with Gasteiger partial charge in [-0.2, -0.15) is 0 Å². The zero-order chi connectivity index (χ0) is 14.3. The number of terminal acetylenes is 1. The predicted octanol–water partition coefficient (Wildman–Crippen LogP) is 3.25. The molecule has 0 unspecified atom stereocenters. The summed E-state index contributed by atoms with van der Waals surface area (Å²) in [6, 6.07) is 3.79. The molecule has 0 saturated heterocycles. The van der Waals surface area contributed by atoms with Crippen molar-refractivity contribution in [2.75, 3.05) is 13.2 Å². The highest BCUT2D eigenvalue weighted by molar-refractivity contribution is 6.32. The first-order valence-corrected chi connectivity index (χ1v) is 6.72. The Kier molecular flexibility index (Phi) is 6.55. The van der Waals surface area contributed by atoms with Gasteiger partial charge in [-0.05, 0) is 38.5 Å². The normalized spacial score (nSPS) is 10.3. The van der Waals surface area contributed by atoms with Gasteiger partial charge >= 0.3 is 0 Å². The average Bonchev–Trinajstić information content (AvgIpc) is 2.34. The van der Waals surface area contributed by atoms with E-state index in [1.807, 2.05) is 32.9 Å². The lowest BCUT2D eigenvalue weighted by Gasteiger charge is -2.17. The molecule has 1 rings (SSSR count). The Morgan fingerprint density at radius 3 is 2.74 bits per heavy atom. The van der Waals surface area contributed by atoms with Gasteiger partial charge in [0.15, 0.2) is 11.5 Å². The van der Waals surface area contributed by atoms with Crippen LogP contribution in [-0.4, -0.2) is 19.3 Å². The molecule has 0 radical (unpaired) electrons. The van der Waals surface area contributed by atoms with E-state index in [9.17, 15) is 0 Å². The minimum Gasteiger partial charge on any atom is -0.490 e. The highest BCUT2D eigenvalue weighted by Crippen LogP contribution is 2.37. The smallest absolute Gasteiger partial charge is 0.180 e. The first-order valence-electron chi connectivity index (χ1n) is 6.34. The van der Waals surface area contributed by atoms with Crippen molar-refractivity contribution in [1.82, 2.24) is 5.32 Å². The number of hydrogen-bond acceptors (Lipinski definition) is 3. The van der Waals surface area contributed by atoms with Crippen molar-refractivity contribution in [3.63, 3.8) is 0 Å². The fraction of sp³-hybridized carbons (Fsp3) is 0.467. The van der Waals surface area contributed by atoms with Gasteiger partial charge in [0, 0.05) is 6.54 Å². The SMILES string of the molecule is C#CCNCc1cc(Cl)c(OC(C)C)c(OCC)c1. The molecular formula is C15H20ClNO2. The minimum atomic E-state index is 0.0436. The van der Waals surface area contributed by atoms with E-state index in [1.165, 1.54) is 0 Å². The molecule has 0 heterocycles. The zero-order valence-corrected chi connectivity index (χ0v) is 12.4. The third-order valence-electron chi connectivity index (χ3n) is 2.28. The molecule has 1 N–H and O–H groups in total. The molecule has 0 amide bonds. The molecule has 0 fully saturated rings. The Morgan fingerprint density at radius 2 is 2.16 bits per heavy atom. The molecule has 0 aliphatic heterocycles. The second kappa shape index (κ2) is 7.93. The second-order valence-electron chi connectivity index (χ2n) is 4.31. The van der Waals surface area contributed by atoms with Gasteiger partial charge in [-0.15, -0.1) is 6.42 Å². The summed E-state index contributed by atoms with van der Waals surface area (Å²) in [5.41, 5.74) is 1.01. The van der Waals surface area contributed by atoms with Crippen molar-refractivity contribution in [2.45, 2.75) is 33.4 Å². The van der Waals surface area contributed by atoms with E-state index in [1.54, 1.807) is 0 Å². The van der Waals surface area contributed by atoms with Crippen LogP contribution in [0.3, 0.4) is 0 Å². The van der Waals surface area contributed by atoms with Crippen molar-refractivity contribution in [3.8, 4) is 23.8 Å². The van der Waals surface area contributed by atoms with Gasteiger partial charge in [0.25, 0.3) is 0 Å². The molecule has 4 heteroatoms. The zero-order valence-electron chi connectivity index (χ0n) is 11.6. The molecule has 0 atom stereocenters. The van der Waals surface area contributed by atoms with Gasteiger partial charge in [0.1, 0.15) is 0 Å². The third kappa shape index (κ3) is 5.02. The topological polar surface area (TPSA) is 30.5 Å². The Labute approximate surface area is 120 Å². The molecule has 1 aromatic rings. The molecule has 0 aliphatic carbocycles. The van der Waals surface area contributed by atoms with Crippen molar-refractivity contribution in [3.05, 3.63) is 22.7 Å². The van der Waals surface area contributed by atoms with E-state index in [4.69, 9.17) is 27.5 Å². The maximum atomic E-state index is 6.25. The molecule has 0 aliphatic rings. The van der Waals surface area contributed by atoms with Crippen LogP contribution < -0.4 is 14.8 Å². The molecule has 0 spiro atoms. The fourth-order valence-electron chi connectivity index (χ4n) is 1.62. The summed E-state index contributed by atoms with van der Waals surface area (Å²) >= 11 is 6.25. The highest BCUT2D eigenvalue weighted by atomic mass is 35.5. The molecule has 104 valence electrons. The van der Waals surface area contributed by atoms with E-state index in [-0.39, 0.29) is 6.10 Å². The maximum Gasteiger partial charge on any atom is 0.180 e. The van der Waals surface area contributed by atoms with Crippen LogP contribution in [0.15, 0.2) is 12.1 Å². The number of ether oxygens (including phenoxy) is 2. The van der Waals surface area contributed by atoms with Crippen molar-refractivity contribution in [2.24, 2.45) is 0 Å². The first-order chi connectivity index (χ1) is 9.08. The van der Waals surface area contributed by atoms with Crippen molar-refractivity contribution < 1.29 is 9.47 Å². The van der Waals surface area contributed by atoms with Crippen LogP contribution in [0.5, 0.6) is 11.5 Å². The van der Waals surface area contributed by atoms with E-state index >= 15 is 0 Å². The largest absolute Gasteiger partial charge is 0.490 e. The highest BCUT2D eigenvalue weighted by Gasteiger charge is 2.13. The lowest BCUT2D eigenvalue weighted by molar-refractivity contribution is 0.224. The van der Waals surface area contributed by atoms with Crippen LogP contribution >= 0.6 is 11.6 Å². The van der Waals surface area contributed by atoms with E-state index < -0.39 is 0 Å². The number of rotatable bonds is 7. The Balaban J connectivity index is 2.96. The van der Waals surface area contributed by atoms with Crippen LogP contribution in [0.4, 0.5) is 0 Å². The Morgan fingerprint density at radius 1 is 1.42 bits per heavy atom. The summed E-state index contributed by atoms with van der Waals surface area (Å²) in [6.07, 6.45) is 5.24. The van der Waals surface area contributed by atoms with Crippen LogP contribution in [0, 0.1) is 12.3 Å². The fourth-order valence-corrected chi connectivity index (χ4v) is 1.89. The van der Waals surface area contributed by atoms with E-state index in [0.717, 1.165) is 5.56 Å². The van der Waals surface area contributed by atoms with Crippen molar-refractivity contribution >= 4 is 11.6 Å². The van der Waals surface area contributed by atoms with Gasteiger partial charge in [0.05, 0.1) is 24.3 Å². The molecule has 0 aromatic heterocycles. The van der Waals surface area contributed by atoms with Gasteiger partial charge in [-0.1, -0.05) is 17.5 Å². The average molecular weight is 282 g/mol. The second-order valence-corrected chi connectivity index (χ2v) is 4.72. The van der Waals surface area contributed by atoms with Crippen LogP contribution in [0.1, 0.15) is 26.3 Å². The van der Waals surface area contributed by atoms with E-state index in [0.29, 0.717) is 36.2 Å². The Hall–Kier alpha value is -1.37. The summed E-state index contributed by atoms with van der Waals surface area (Å²) in [5, 5.41) is 3.67. The standard InChI is InChI=1S/C15H20ClNO2/c1-5-7-17-10-12-8-13(16)15(19-11(3)4)14(9-12)18-6-2/h1,8-9,11,17H,6-7,10H2,2-4H3. The monoisotopic (exact) mass is 281 g/mol. The summed E-state index contributed by atoms with van der Waals surface area (Å²) in [5.74, 6) is 3.79. The molecule has 0 saturated carbocycles. The minimum absolute atomic E-state index is 0.0436. The molecule has 1 aromatic carbocycles. The van der Waals surface area contributed by atoms with Gasteiger partial charge in [-0.3, -0.25) is 0 Å². The molecule has 0 bridgehead atoms. The Bertz CT molecular complexity index is 452. The number of hydrogen-bond donors (Lipinski definition) is 1. The first kappa shape index (κ1) is 15.7. The maximum absolute atomic E-state index is 6.25. The van der Waals surface area contributed by atoms with Crippen LogP contribution in [-0.2, 0) is 6.54 Å². The molecular weight excluding hydrogens is 262 g/mol. The summed E-state index contributed by atoms with van der Waals surface area (Å²) in [7, 11) is 0. The van der Waals surface area contributed by atoms with Crippen molar-refractivity contribution in [1.29, 1.82) is 0 Å². The van der Waals surface area contributed by atoms with Crippen LogP contribution in [0.25, 0.3) is 0 Å². The summed E-state index contributed by atoms with van der Waals surface area (Å²) in [6.45, 7) is 7.56. The third-order valence-corrected chi connectivity index (χ3v) is 2.56. The number of benzene rings is 1. The van der Waals surface area contributed by atoms with E-state index in [2.05, 4.69) is 11.2 Å². The van der Waals surface area contributed by atoms with Crippen LogP contribution in [0.2, 0.25) is 5.02 Å². The molecule has 3 nitrogen and oxygen atoms in total. The quantitative estimate of drug-likeness (QED) is 0.615. The van der Waals surface area contributed by atoms with Gasteiger partial charge in [0.2, 0.25) is 0 Å². The molecule has 19 heavy (non-hydrogen) atoms. The van der Waals surface area contributed by atoms with Gasteiger partial charge in [-0.25, -0.2) is 0 Å². The number of nitrogens with one attached hydrogen (secondary N) is 1. The lowest BCUT2D eigenvalue weighted by Crippen LogP contribution is -2.14. The summed E-state index contributed by atoms with van der Waals surface area (Å²) in [4.78, 5) is 0.